The molecule has 8 heteroatoms. The summed E-state index contributed by atoms with van der Waals surface area (Å²) in [5.41, 5.74) is 0.978. The monoisotopic (exact) mass is 411 g/mol. The summed E-state index contributed by atoms with van der Waals surface area (Å²) < 4.78 is 6.36. The van der Waals surface area contributed by atoms with Crippen LogP contribution in [-0.2, 0) is 16.1 Å². The summed E-state index contributed by atoms with van der Waals surface area (Å²) >= 11 is 5.81. The predicted molar refractivity (Wildman–Crippen MR) is 109 cm³/mol. The fourth-order valence-electron chi connectivity index (χ4n) is 2.48. The molecule has 0 spiro atoms. The molecule has 2 aromatic carbocycles. The van der Waals surface area contributed by atoms with E-state index in [1.54, 1.807) is 24.3 Å². The minimum Gasteiger partial charge on any atom is -0.448 e. The van der Waals surface area contributed by atoms with E-state index in [1.807, 2.05) is 30.3 Å². The van der Waals surface area contributed by atoms with Crippen LogP contribution < -0.4 is 10.9 Å². The molecule has 3 aromatic rings. The first-order valence-electron chi connectivity index (χ1n) is 8.82. The zero-order valence-electron chi connectivity index (χ0n) is 15.5. The lowest BCUT2D eigenvalue weighted by Gasteiger charge is -2.14. The highest BCUT2D eigenvalue weighted by Gasteiger charge is 2.20. The molecule has 0 aliphatic carbocycles. The number of aromatic nitrogens is 2. The number of carbonyl (C=O) groups is 2. The second-order valence-corrected chi connectivity index (χ2v) is 6.68. The lowest BCUT2D eigenvalue weighted by atomic mass is 10.2. The molecule has 1 atom stereocenters. The molecule has 0 aliphatic rings. The Balaban J connectivity index is 1.66. The molecular formula is C21H18ClN3O4. The maximum atomic E-state index is 12.4. The summed E-state index contributed by atoms with van der Waals surface area (Å²) in [5.74, 6) is -1.30. The number of ether oxygens (including phenoxy) is 1. The van der Waals surface area contributed by atoms with Gasteiger partial charge in [0.2, 0.25) is 0 Å². The Labute approximate surface area is 171 Å². The Kier molecular flexibility index (Phi) is 6.41. The van der Waals surface area contributed by atoms with Gasteiger partial charge in [-0.3, -0.25) is 9.59 Å². The van der Waals surface area contributed by atoms with Crippen molar-refractivity contribution in [3.8, 4) is 0 Å². The van der Waals surface area contributed by atoms with Gasteiger partial charge in [0.1, 0.15) is 0 Å². The molecule has 1 N–H and O–H groups in total. The van der Waals surface area contributed by atoms with Gasteiger partial charge in [-0.05, 0) is 42.8 Å². The van der Waals surface area contributed by atoms with E-state index < -0.39 is 18.0 Å². The quantitative estimate of drug-likeness (QED) is 0.629. The van der Waals surface area contributed by atoms with Crippen molar-refractivity contribution in [2.45, 2.75) is 19.6 Å². The Hall–Kier alpha value is -3.45. The van der Waals surface area contributed by atoms with Crippen molar-refractivity contribution in [1.29, 1.82) is 0 Å². The molecule has 0 saturated heterocycles. The number of benzene rings is 2. The Morgan fingerprint density at radius 2 is 1.76 bits per heavy atom. The highest BCUT2D eigenvalue weighted by Crippen LogP contribution is 2.14. The molecule has 0 radical (unpaired) electrons. The molecule has 1 aromatic heterocycles. The molecule has 29 heavy (non-hydrogen) atoms. The summed E-state index contributed by atoms with van der Waals surface area (Å²) in [6.45, 7) is 1.66. The number of anilines is 1. The van der Waals surface area contributed by atoms with E-state index in [2.05, 4.69) is 10.4 Å². The minimum absolute atomic E-state index is 0.0633. The molecule has 0 fully saturated rings. The summed E-state index contributed by atoms with van der Waals surface area (Å²) in [4.78, 5) is 36.6. The van der Waals surface area contributed by atoms with Crippen molar-refractivity contribution in [3.05, 3.63) is 93.4 Å². The first kappa shape index (κ1) is 20.3. The van der Waals surface area contributed by atoms with Gasteiger partial charge in [-0.1, -0.05) is 41.9 Å². The van der Waals surface area contributed by atoms with Crippen LogP contribution in [0.15, 0.2) is 71.5 Å². The molecule has 0 aliphatic heterocycles. The molecule has 0 saturated carbocycles. The molecular weight excluding hydrogens is 394 g/mol. The molecule has 0 bridgehead atoms. The SMILES string of the molecule is CC(OC(=O)c1ccc(=O)n(Cc2ccccc2)n1)C(=O)Nc1ccc(Cl)cc1. The van der Waals surface area contributed by atoms with Gasteiger partial charge in [-0.2, -0.15) is 5.10 Å². The van der Waals surface area contributed by atoms with Crippen molar-refractivity contribution in [2.24, 2.45) is 0 Å². The second-order valence-electron chi connectivity index (χ2n) is 6.24. The maximum absolute atomic E-state index is 12.4. The number of hydrogen-bond donors (Lipinski definition) is 1. The van der Waals surface area contributed by atoms with Gasteiger partial charge in [-0.15, -0.1) is 0 Å². The Morgan fingerprint density at radius 1 is 1.07 bits per heavy atom. The van der Waals surface area contributed by atoms with E-state index in [1.165, 1.54) is 23.7 Å². The van der Waals surface area contributed by atoms with Crippen molar-refractivity contribution in [2.75, 3.05) is 5.32 Å². The second kappa shape index (κ2) is 9.16. The van der Waals surface area contributed by atoms with Crippen LogP contribution in [0.3, 0.4) is 0 Å². The maximum Gasteiger partial charge on any atom is 0.359 e. The van der Waals surface area contributed by atoms with Gasteiger partial charge < -0.3 is 10.1 Å². The number of nitrogens with zero attached hydrogens (tertiary/aromatic N) is 2. The highest BCUT2D eigenvalue weighted by atomic mass is 35.5. The number of carbonyl (C=O) groups excluding carboxylic acids is 2. The Bertz CT molecular complexity index is 1070. The van der Waals surface area contributed by atoms with Gasteiger partial charge in [0.25, 0.3) is 11.5 Å². The van der Waals surface area contributed by atoms with Crippen LogP contribution in [0.25, 0.3) is 0 Å². The van der Waals surface area contributed by atoms with Crippen LogP contribution in [-0.4, -0.2) is 27.8 Å². The van der Waals surface area contributed by atoms with Gasteiger partial charge in [0.15, 0.2) is 11.8 Å². The number of nitrogens with one attached hydrogen (secondary N) is 1. The lowest BCUT2D eigenvalue weighted by molar-refractivity contribution is -0.123. The number of esters is 1. The minimum atomic E-state index is -1.06. The molecule has 1 unspecified atom stereocenters. The normalized spacial score (nSPS) is 11.5. The fourth-order valence-corrected chi connectivity index (χ4v) is 2.60. The number of rotatable bonds is 6. The first-order valence-corrected chi connectivity index (χ1v) is 9.19. The van der Waals surface area contributed by atoms with Crippen molar-refractivity contribution in [1.82, 2.24) is 9.78 Å². The third-order valence-electron chi connectivity index (χ3n) is 4.02. The summed E-state index contributed by atoms with van der Waals surface area (Å²) in [6.07, 6.45) is -1.06. The molecule has 1 heterocycles. The molecule has 7 nitrogen and oxygen atoms in total. The van der Waals surface area contributed by atoms with E-state index in [9.17, 15) is 14.4 Å². The summed E-state index contributed by atoms with van der Waals surface area (Å²) in [6, 6.07) is 18.3. The van der Waals surface area contributed by atoms with Crippen LogP contribution in [0.1, 0.15) is 23.0 Å². The first-order chi connectivity index (χ1) is 13.9. The number of hydrogen-bond acceptors (Lipinski definition) is 5. The average Bonchev–Trinajstić information content (AvgIpc) is 2.72. The van der Waals surface area contributed by atoms with Gasteiger partial charge in [-0.25, -0.2) is 9.48 Å². The van der Waals surface area contributed by atoms with Crippen molar-refractivity contribution in [3.63, 3.8) is 0 Å². The van der Waals surface area contributed by atoms with E-state index in [0.717, 1.165) is 5.56 Å². The zero-order valence-corrected chi connectivity index (χ0v) is 16.3. The molecule has 148 valence electrons. The van der Waals surface area contributed by atoms with E-state index >= 15 is 0 Å². The standard InChI is InChI=1S/C21H18ClN3O4/c1-14(20(27)23-17-9-7-16(22)8-10-17)29-21(28)18-11-12-19(26)25(24-18)13-15-5-3-2-4-6-15/h2-12,14H,13H2,1H3,(H,23,27). The lowest BCUT2D eigenvalue weighted by Crippen LogP contribution is -2.31. The predicted octanol–water partition coefficient (Wildman–Crippen LogP) is 3.13. The third-order valence-corrected chi connectivity index (χ3v) is 4.27. The summed E-state index contributed by atoms with van der Waals surface area (Å²) in [7, 11) is 0. The third kappa shape index (κ3) is 5.52. The summed E-state index contributed by atoms with van der Waals surface area (Å²) in [5, 5.41) is 7.23. The smallest absolute Gasteiger partial charge is 0.359 e. The van der Waals surface area contributed by atoms with Gasteiger partial charge in [0, 0.05) is 16.8 Å². The average molecular weight is 412 g/mol. The van der Waals surface area contributed by atoms with Crippen LogP contribution in [0.2, 0.25) is 5.02 Å². The highest BCUT2D eigenvalue weighted by molar-refractivity contribution is 6.30. The Morgan fingerprint density at radius 3 is 2.45 bits per heavy atom. The van der Waals surface area contributed by atoms with Crippen LogP contribution in [0.5, 0.6) is 0 Å². The van der Waals surface area contributed by atoms with Gasteiger partial charge >= 0.3 is 5.97 Å². The number of amides is 1. The van der Waals surface area contributed by atoms with E-state index in [4.69, 9.17) is 16.3 Å². The van der Waals surface area contributed by atoms with Crippen LogP contribution in [0.4, 0.5) is 5.69 Å². The van der Waals surface area contributed by atoms with E-state index in [0.29, 0.717) is 10.7 Å². The van der Waals surface area contributed by atoms with Gasteiger partial charge in [0.05, 0.1) is 6.54 Å². The topological polar surface area (TPSA) is 90.3 Å². The molecule has 1 amide bonds. The molecule has 3 rings (SSSR count). The fraction of sp³-hybridized carbons (Fsp3) is 0.143. The van der Waals surface area contributed by atoms with Crippen LogP contribution >= 0.6 is 11.6 Å². The zero-order chi connectivity index (χ0) is 20.8. The van der Waals surface area contributed by atoms with E-state index in [-0.39, 0.29) is 17.8 Å². The van der Waals surface area contributed by atoms with Crippen molar-refractivity contribution < 1.29 is 14.3 Å². The van der Waals surface area contributed by atoms with Crippen LogP contribution in [0, 0.1) is 0 Å². The number of halogens is 1. The van der Waals surface area contributed by atoms with Crippen molar-refractivity contribution >= 4 is 29.2 Å². The largest absolute Gasteiger partial charge is 0.448 e.